The van der Waals surface area contributed by atoms with E-state index < -0.39 is 11.8 Å². The van der Waals surface area contributed by atoms with Gasteiger partial charge in [-0.2, -0.15) is 0 Å². The Bertz CT molecular complexity index is 734. The molecule has 0 spiro atoms. The van der Waals surface area contributed by atoms with E-state index in [2.05, 4.69) is 26.6 Å². The van der Waals surface area contributed by atoms with E-state index in [1.54, 1.807) is 36.4 Å². The highest BCUT2D eigenvalue weighted by Crippen LogP contribution is 2.19. The van der Waals surface area contributed by atoms with Crippen molar-refractivity contribution in [2.24, 2.45) is 0 Å². The quantitative estimate of drug-likeness (QED) is 0.802. The molecule has 0 saturated carbocycles. The van der Waals surface area contributed by atoms with Crippen molar-refractivity contribution in [1.82, 2.24) is 5.32 Å². The lowest BCUT2D eigenvalue weighted by molar-refractivity contribution is -0.136. The van der Waals surface area contributed by atoms with Crippen molar-refractivity contribution in [1.29, 1.82) is 0 Å². The molecule has 2 rings (SSSR count). The van der Waals surface area contributed by atoms with Crippen LogP contribution >= 0.6 is 15.9 Å². The predicted octanol–water partition coefficient (Wildman–Crippen LogP) is 3.19. The molecule has 2 N–H and O–H groups in total. The van der Waals surface area contributed by atoms with Crippen LogP contribution in [0.25, 0.3) is 0 Å². The molecule has 0 bridgehead atoms. The second kappa shape index (κ2) is 7.87. The summed E-state index contributed by atoms with van der Waals surface area (Å²) in [6.07, 6.45) is 0.323. The highest BCUT2D eigenvalue weighted by Gasteiger charge is 2.13. The lowest BCUT2D eigenvalue weighted by Gasteiger charge is -2.08. The van der Waals surface area contributed by atoms with Gasteiger partial charge in [0.1, 0.15) is 5.82 Å². The molecule has 0 atom stereocenters. The summed E-state index contributed by atoms with van der Waals surface area (Å²) >= 11 is 3.36. The number of halogens is 2. The molecule has 4 nitrogen and oxygen atoms in total. The average molecular weight is 379 g/mol. The van der Waals surface area contributed by atoms with Crippen LogP contribution in [0.5, 0.6) is 0 Å². The fourth-order valence-corrected chi connectivity index (χ4v) is 2.25. The molecule has 2 aromatic carbocycles. The van der Waals surface area contributed by atoms with Crippen molar-refractivity contribution in [3.8, 4) is 0 Å². The summed E-state index contributed by atoms with van der Waals surface area (Å²) in [6, 6.07) is 11.6. The maximum Gasteiger partial charge on any atom is 0.313 e. The molecule has 0 radical (unpaired) electrons. The molecular weight excluding hydrogens is 363 g/mol. The monoisotopic (exact) mass is 378 g/mol. The normalized spacial score (nSPS) is 10.2. The van der Waals surface area contributed by atoms with Crippen LogP contribution in [0, 0.1) is 12.7 Å². The van der Waals surface area contributed by atoms with E-state index in [0.29, 0.717) is 17.7 Å². The first-order valence-corrected chi connectivity index (χ1v) is 7.85. The summed E-state index contributed by atoms with van der Waals surface area (Å²) < 4.78 is 14.4. The number of carbonyl (C=O) groups excluding carboxylic acids is 2. The molecule has 0 saturated heterocycles. The molecule has 0 aliphatic heterocycles. The van der Waals surface area contributed by atoms with Crippen molar-refractivity contribution in [2.75, 3.05) is 11.9 Å². The van der Waals surface area contributed by atoms with Crippen molar-refractivity contribution >= 4 is 33.4 Å². The van der Waals surface area contributed by atoms with E-state index in [4.69, 9.17) is 0 Å². The summed E-state index contributed by atoms with van der Waals surface area (Å²) in [7, 11) is 0. The second-order valence-electron chi connectivity index (χ2n) is 5.02. The maximum atomic E-state index is 13.4. The summed E-state index contributed by atoms with van der Waals surface area (Å²) in [5, 5.41) is 5.00. The van der Waals surface area contributed by atoms with E-state index in [1.165, 1.54) is 6.07 Å². The van der Waals surface area contributed by atoms with Gasteiger partial charge in [-0.3, -0.25) is 9.59 Å². The molecule has 23 heavy (non-hydrogen) atoms. The summed E-state index contributed by atoms with van der Waals surface area (Å²) in [4.78, 5) is 23.6. The lowest BCUT2D eigenvalue weighted by atomic mass is 10.1. The fraction of sp³-hybridized carbons (Fsp3) is 0.176. The van der Waals surface area contributed by atoms with Crippen LogP contribution in [0.4, 0.5) is 10.1 Å². The minimum absolute atomic E-state index is 0.187. The first kappa shape index (κ1) is 17.1. The van der Waals surface area contributed by atoms with Crippen molar-refractivity contribution in [3.05, 3.63) is 63.9 Å². The number of nitrogens with one attached hydrogen (secondary N) is 2. The molecule has 2 amide bonds. The highest BCUT2D eigenvalue weighted by atomic mass is 79.9. The molecule has 6 heteroatoms. The third kappa shape index (κ3) is 4.89. The van der Waals surface area contributed by atoms with Gasteiger partial charge in [-0.15, -0.1) is 0 Å². The number of anilines is 1. The Morgan fingerprint density at radius 2 is 1.87 bits per heavy atom. The Hall–Kier alpha value is -2.21. The van der Waals surface area contributed by atoms with Gasteiger partial charge in [0.2, 0.25) is 0 Å². The Kier molecular flexibility index (Phi) is 5.87. The number of hydrogen-bond acceptors (Lipinski definition) is 2. The number of hydrogen-bond donors (Lipinski definition) is 2. The Labute approximate surface area is 142 Å². The topological polar surface area (TPSA) is 58.2 Å². The van der Waals surface area contributed by atoms with Crippen LogP contribution in [0.3, 0.4) is 0 Å². The Morgan fingerprint density at radius 1 is 1.13 bits per heavy atom. The first-order valence-electron chi connectivity index (χ1n) is 7.06. The SMILES string of the molecule is Cc1cc(NC(=O)C(=O)NCCc2ccccc2F)ccc1Br. The van der Waals surface area contributed by atoms with Crippen LogP contribution in [0.2, 0.25) is 0 Å². The van der Waals surface area contributed by atoms with E-state index in [9.17, 15) is 14.0 Å². The zero-order valence-corrected chi connectivity index (χ0v) is 14.1. The largest absolute Gasteiger partial charge is 0.347 e. The summed E-state index contributed by atoms with van der Waals surface area (Å²) in [5.41, 5.74) is 1.99. The third-order valence-electron chi connectivity index (χ3n) is 3.26. The summed E-state index contributed by atoms with van der Waals surface area (Å²) in [6.45, 7) is 2.07. The maximum absolute atomic E-state index is 13.4. The lowest BCUT2D eigenvalue weighted by Crippen LogP contribution is -2.36. The van der Waals surface area contributed by atoms with Crippen LogP contribution < -0.4 is 10.6 Å². The van der Waals surface area contributed by atoms with Crippen molar-refractivity contribution < 1.29 is 14.0 Å². The molecule has 120 valence electrons. The molecular formula is C17H16BrFN2O2. The third-order valence-corrected chi connectivity index (χ3v) is 4.15. The van der Waals surface area contributed by atoms with Gasteiger partial charge >= 0.3 is 11.8 Å². The van der Waals surface area contributed by atoms with Gasteiger partial charge in [-0.25, -0.2) is 4.39 Å². The van der Waals surface area contributed by atoms with Gasteiger partial charge < -0.3 is 10.6 Å². The van der Waals surface area contributed by atoms with Gasteiger partial charge in [0.25, 0.3) is 0 Å². The van der Waals surface area contributed by atoms with Crippen LogP contribution in [-0.4, -0.2) is 18.4 Å². The molecule has 2 aromatic rings. The number of aryl methyl sites for hydroxylation is 1. The number of benzene rings is 2. The fourth-order valence-electron chi connectivity index (χ4n) is 2.00. The van der Waals surface area contributed by atoms with Crippen molar-refractivity contribution in [2.45, 2.75) is 13.3 Å². The molecule has 0 aromatic heterocycles. The van der Waals surface area contributed by atoms with Crippen LogP contribution in [0.1, 0.15) is 11.1 Å². The Morgan fingerprint density at radius 3 is 2.57 bits per heavy atom. The van der Waals surface area contributed by atoms with Gasteiger partial charge in [-0.05, 0) is 48.7 Å². The molecule has 0 unspecified atom stereocenters. The van der Waals surface area contributed by atoms with Crippen LogP contribution in [-0.2, 0) is 16.0 Å². The van der Waals surface area contributed by atoms with Gasteiger partial charge in [-0.1, -0.05) is 34.1 Å². The first-order chi connectivity index (χ1) is 11.0. The van der Waals surface area contributed by atoms with Crippen LogP contribution in [0.15, 0.2) is 46.9 Å². The summed E-state index contributed by atoms with van der Waals surface area (Å²) in [5.74, 6) is -1.82. The molecule has 0 aliphatic rings. The standard InChI is InChI=1S/C17H16BrFN2O2/c1-11-10-13(6-7-14(11)18)21-17(23)16(22)20-9-8-12-4-2-3-5-15(12)19/h2-7,10H,8-9H2,1H3,(H,20,22)(H,21,23). The highest BCUT2D eigenvalue weighted by molar-refractivity contribution is 9.10. The predicted molar refractivity (Wildman–Crippen MR) is 90.6 cm³/mol. The van der Waals surface area contributed by atoms with Gasteiger partial charge in [0, 0.05) is 16.7 Å². The van der Waals surface area contributed by atoms with E-state index in [1.807, 2.05) is 6.92 Å². The van der Waals surface area contributed by atoms with E-state index >= 15 is 0 Å². The van der Waals surface area contributed by atoms with Crippen molar-refractivity contribution in [3.63, 3.8) is 0 Å². The van der Waals surface area contributed by atoms with E-state index in [0.717, 1.165) is 10.0 Å². The zero-order chi connectivity index (χ0) is 16.8. The molecule has 0 heterocycles. The minimum Gasteiger partial charge on any atom is -0.347 e. The van der Waals surface area contributed by atoms with Gasteiger partial charge in [0.15, 0.2) is 0 Å². The number of amides is 2. The Balaban J connectivity index is 1.84. The minimum atomic E-state index is -0.750. The number of rotatable bonds is 4. The van der Waals surface area contributed by atoms with E-state index in [-0.39, 0.29) is 12.4 Å². The zero-order valence-electron chi connectivity index (χ0n) is 12.5. The molecule has 0 fully saturated rings. The smallest absolute Gasteiger partial charge is 0.313 e. The number of carbonyl (C=O) groups is 2. The van der Waals surface area contributed by atoms with Gasteiger partial charge in [0.05, 0.1) is 0 Å². The molecule has 0 aliphatic carbocycles. The average Bonchev–Trinajstić information content (AvgIpc) is 2.52. The second-order valence-corrected chi connectivity index (χ2v) is 5.87.